The van der Waals surface area contributed by atoms with Crippen LogP contribution < -0.4 is 9.64 Å². The summed E-state index contributed by atoms with van der Waals surface area (Å²) in [6.07, 6.45) is -0.0606. The van der Waals surface area contributed by atoms with Gasteiger partial charge in [-0.05, 0) is 18.2 Å². The smallest absolute Gasteiger partial charge is 0.324 e. The van der Waals surface area contributed by atoms with Crippen LogP contribution in [0.25, 0.3) is 0 Å². The van der Waals surface area contributed by atoms with Crippen molar-refractivity contribution in [3.63, 3.8) is 0 Å². The molecule has 0 aromatic heterocycles. The summed E-state index contributed by atoms with van der Waals surface area (Å²) in [7, 11) is 0. The molecule has 0 bridgehead atoms. The van der Waals surface area contributed by atoms with E-state index in [0.717, 1.165) is 11.8 Å². The quantitative estimate of drug-likeness (QED) is 0.644. The summed E-state index contributed by atoms with van der Waals surface area (Å²) in [5.74, 6) is 0.280. The third kappa shape index (κ3) is 3.23. The number of anilines is 1. The molecule has 4 heterocycles. The van der Waals surface area contributed by atoms with Gasteiger partial charge < -0.3 is 14.5 Å². The van der Waals surface area contributed by atoms with Gasteiger partial charge in [-0.2, -0.15) is 0 Å². The van der Waals surface area contributed by atoms with Crippen LogP contribution in [0.15, 0.2) is 35.1 Å². The molecule has 0 N–H and O–H groups in total. The first-order valence-corrected chi connectivity index (χ1v) is 10.1. The third-order valence-electron chi connectivity index (χ3n) is 5.90. The number of carbonyl (C=O) groups excluding carboxylic acids is 1. The average molecular weight is 423 g/mol. The number of ether oxygens (including phenoxy) is 1. The second kappa shape index (κ2) is 6.86. The molecule has 0 aliphatic carbocycles. The van der Waals surface area contributed by atoms with E-state index in [2.05, 4.69) is 4.99 Å². The molecule has 1 unspecified atom stereocenters. The number of urea groups is 1. The highest BCUT2D eigenvalue weighted by Gasteiger charge is 2.55. The summed E-state index contributed by atoms with van der Waals surface area (Å²) < 4.78 is 33.2. The van der Waals surface area contributed by atoms with Gasteiger partial charge in [0, 0.05) is 55.6 Å². The van der Waals surface area contributed by atoms with Gasteiger partial charge in [-0.1, -0.05) is 11.6 Å². The molecule has 2 saturated heterocycles. The highest BCUT2D eigenvalue weighted by atomic mass is 35.5. The van der Waals surface area contributed by atoms with Gasteiger partial charge in [-0.25, -0.2) is 13.6 Å². The van der Waals surface area contributed by atoms with E-state index in [0.29, 0.717) is 50.1 Å². The molecule has 0 radical (unpaired) electrons. The Morgan fingerprint density at radius 3 is 2.86 bits per heavy atom. The molecule has 5 rings (SSSR count). The maximum absolute atomic E-state index is 14.2. The minimum absolute atomic E-state index is 0.0327. The number of likely N-dealkylation sites (tertiary alicyclic amines) is 2. The lowest BCUT2D eigenvalue weighted by atomic mass is 9.73. The van der Waals surface area contributed by atoms with E-state index in [1.165, 1.54) is 0 Å². The number of aliphatic imine (C=N–C) groups is 1. The lowest BCUT2D eigenvalue weighted by Crippen LogP contribution is -2.74. The largest absolute Gasteiger partial charge is 0.489 e. The fourth-order valence-electron chi connectivity index (χ4n) is 4.51. The first kappa shape index (κ1) is 18.7. The number of alkyl halides is 1. The fourth-order valence-corrected chi connectivity index (χ4v) is 4.67. The van der Waals surface area contributed by atoms with E-state index < -0.39 is 12.0 Å². The molecule has 2 fully saturated rings. The lowest BCUT2D eigenvalue weighted by molar-refractivity contribution is -0.0624. The number of hydrogen-bond acceptors (Lipinski definition) is 4. The van der Waals surface area contributed by atoms with E-state index >= 15 is 0 Å². The molecule has 1 aromatic carbocycles. The molecule has 29 heavy (non-hydrogen) atoms. The maximum Gasteiger partial charge on any atom is 0.324 e. The second-order valence-electron chi connectivity index (χ2n) is 8.13. The normalized spacial score (nSPS) is 25.2. The van der Waals surface area contributed by atoms with E-state index in [1.807, 2.05) is 4.90 Å². The SMILES string of the molecule is O=C(N1CC2(C1)CN(C1=NCCC(F)C=C1F)C2)N1CCOc2cc(Cl)ccc21. The Labute approximate surface area is 172 Å². The van der Waals surface area contributed by atoms with Gasteiger partial charge >= 0.3 is 6.03 Å². The van der Waals surface area contributed by atoms with Gasteiger partial charge in [0.2, 0.25) is 0 Å². The van der Waals surface area contributed by atoms with Gasteiger partial charge in [0.25, 0.3) is 0 Å². The van der Waals surface area contributed by atoms with Crippen molar-refractivity contribution in [3.05, 3.63) is 35.1 Å². The molecule has 9 heteroatoms. The minimum atomic E-state index is -1.28. The third-order valence-corrected chi connectivity index (χ3v) is 6.13. The zero-order valence-electron chi connectivity index (χ0n) is 15.8. The second-order valence-corrected chi connectivity index (χ2v) is 8.57. The van der Waals surface area contributed by atoms with Crippen LogP contribution in [0.1, 0.15) is 6.42 Å². The molecule has 6 nitrogen and oxygen atoms in total. The topological polar surface area (TPSA) is 48.4 Å². The highest BCUT2D eigenvalue weighted by Crippen LogP contribution is 2.42. The number of hydrogen-bond donors (Lipinski definition) is 0. The average Bonchev–Trinajstić information content (AvgIpc) is 2.79. The summed E-state index contributed by atoms with van der Waals surface area (Å²) in [6, 6.07) is 5.20. The van der Waals surface area contributed by atoms with Crippen LogP contribution >= 0.6 is 11.6 Å². The number of fused-ring (bicyclic) bond motifs is 1. The molecular formula is C20H21ClF2N4O2. The monoisotopic (exact) mass is 422 g/mol. The number of halogens is 3. The van der Waals surface area contributed by atoms with E-state index in [9.17, 15) is 13.6 Å². The fraction of sp³-hybridized carbons (Fsp3) is 0.500. The Balaban J connectivity index is 1.21. The summed E-state index contributed by atoms with van der Waals surface area (Å²) >= 11 is 6.02. The Bertz CT molecular complexity index is 908. The molecule has 2 amide bonds. The van der Waals surface area contributed by atoms with Crippen molar-refractivity contribution in [1.29, 1.82) is 0 Å². The Morgan fingerprint density at radius 2 is 2.07 bits per heavy atom. The van der Waals surface area contributed by atoms with Crippen LogP contribution in [-0.2, 0) is 0 Å². The van der Waals surface area contributed by atoms with Crippen LogP contribution in [0, 0.1) is 5.41 Å². The van der Waals surface area contributed by atoms with Gasteiger partial charge in [0.05, 0.1) is 12.2 Å². The molecule has 4 aliphatic heterocycles. The van der Waals surface area contributed by atoms with Gasteiger partial charge in [-0.3, -0.25) is 9.89 Å². The van der Waals surface area contributed by atoms with Gasteiger partial charge in [0.15, 0.2) is 11.7 Å². The first-order valence-electron chi connectivity index (χ1n) is 9.74. The standard InChI is InChI=1S/C20H21ClF2N4O2/c21-13-1-2-16-17(7-13)29-6-5-27(16)19(28)26-11-20(12-26)9-25(10-20)18-15(23)8-14(22)3-4-24-18/h1-2,7-8,14H,3-6,9-12H2. The molecule has 1 atom stereocenters. The number of benzene rings is 1. The van der Waals surface area contributed by atoms with Crippen LogP contribution in [0.5, 0.6) is 5.75 Å². The number of allylic oxidation sites excluding steroid dienone is 1. The summed E-state index contributed by atoms with van der Waals surface area (Å²) in [4.78, 5) is 22.6. The number of rotatable bonds is 0. The van der Waals surface area contributed by atoms with Gasteiger partial charge in [-0.15, -0.1) is 0 Å². The van der Waals surface area contributed by atoms with Crippen molar-refractivity contribution in [1.82, 2.24) is 9.80 Å². The van der Waals surface area contributed by atoms with E-state index in [-0.39, 0.29) is 30.2 Å². The van der Waals surface area contributed by atoms with E-state index in [4.69, 9.17) is 16.3 Å². The molecule has 0 saturated carbocycles. The molecule has 4 aliphatic rings. The summed E-state index contributed by atoms with van der Waals surface area (Å²) in [6.45, 7) is 3.69. The molecular weight excluding hydrogens is 402 g/mol. The molecule has 1 aromatic rings. The number of amidine groups is 1. The maximum atomic E-state index is 14.2. The van der Waals surface area contributed by atoms with Crippen LogP contribution in [0.3, 0.4) is 0 Å². The number of nitrogens with zero attached hydrogens (tertiary/aromatic N) is 4. The molecule has 1 spiro atoms. The van der Waals surface area contributed by atoms with E-state index in [1.54, 1.807) is 28.0 Å². The number of carbonyl (C=O) groups is 1. The molecule has 154 valence electrons. The summed E-state index contributed by atoms with van der Waals surface area (Å²) in [5, 5.41) is 0.567. The van der Waals surface area contributed by atoms with Crippen LogP contribution in [-0.4, -0.2) is 73.7 Å². The van der Waals surface area contributed by atoms with Crippen molar-refractivity contribution >= 4 is 29.2 Å². The van der Waals surface area contributed by atoms with Gasteiger partial charge in [0.1, 0.15) is 18.5 Å². The Kier molecular flexibility index (Phi) is 4.42. The number of amides is 2. The minimum Gasteiger partial charge on any atom is -0.489 e. The van der Waals surface area contributed by atoms with Crippen molar-refractivity contribution in [2.45, 2.75) is 12.6 Å². The predicted molar refractivity (Wildman–Crippen MR) is 106 cm³/mol. The van der Waals surface area contributed by atoms with Crippen molar-refractivity contribution in [3.8, 4) is 5.75 Å². The summed E-state index contributed by atoms with van der Waals surface area (Å²) in [5.41, 5.74) is 0.692. The highest BCUT2D eigenvalue weighted by molar-refractivity contribution is 6.30. The first-order chi connectivity index (χ1) is 13.9. The van der Waals surface area contributed by atoms with Crippen LogP contribution in [0.4, 0.5) is 19.3 Å². The van der Waals surface area contributed by atoms with Crippen molar-refractivity contribution in [2.75, 3.05) is 50.8 Å². The lowest BCUT2D eigenvalue weighted by Gasteiger charge is -2.61. The Morgan fingerprint density at radius 1 is 1.28 bits per heavy atom. The zero-order chi connectivity index (χ0) is 20.2. The Hall–Kier alpha value is -2.35. The predicted octanol–water partition coefficient (Wildman–Crippen LogP) is 3.27. The van der Waals surface area contributed by atoms with Crippen molar-refractivity contribution in [2.24, 2.45) is 10.4 Å². The van der Waals surface area contributed by atoms with Crippen LogP contribution in [0.2, 0.25) is 5.02 Å². The zero-order valence-corrected chi connectivity index (χ0v) is 16.5. The van der Waals surface area contributed by atoms with Crippen molar-refractivity contribution < 1.29 is 18.3 Å².